The summed E-state index contributed by atoms with van der Waals surface area (Å²) < 4.78 is 29.8. The predicted octanol–water partition coefficient (Wildman–Crippen LogP) is 4.44. The number of ether oxygens (including phenoxy) is 1. The lowest BCUT2D eigenvalue weighted by Gasteiger charge is -2.36. The number of nitrogens with zero attached hydrogens (tertiary/aromatic N) is 1. The van der Waals surface area contributed by atoms with Gasteiger partial charge in [-0.15, -0.1) is 0 Å². The molecule has 3 rings (SSSR count). The zero-order chi connectivity index (χ0) is 22.8. The van der Waals surface area contributed by atoms with Gasteiger partial charge >= 0.3 is 0 Å². The van der Waals surface area contributed by atoms with Gasteiger partial charge in [0.05, 0.1) is 22.7 Å². The Labute approximate surface area is 186 Å². The molecule has 0 aliphatic carbocycles. The molecule has 0 unspecified atom stereocenters. The molecule has 0 aromatic heterocycles. The first-order valence-electron chi connectivity index (χ1n) is 10.8. The van der Waals surface area contributed by atoms with E-state index in [0.717, 1.165) is 24.3 Å². The van der Waals surface area contributed by atoms with Crippen LogP contribution in [-0.2, 0) is 26.7 Å². The van der Waals surface area contributed by atoms with E-state index in [1.54, 1.807) is 45.0 Å². The fourth-order valence-corrected chi connectivity index (χ4v) is 4.79. The Morgan fingerprint density at radius 1 is 0.935 bits per heavy atom. The molecule has 2 aromatic carbocycles. The summed E-state index contributed by atoms with van der Waals surface area (Å²) in [6.07, 6.45) is 0.716. The van der Waals surface area contributed by atoms with E-state index < -0.39 is 14.6 Å². The van der Waals surface area contributed by atoms with Crippen LogP contribution in [0.5, 0.6) is 0 Å². The van der Waals surface area contributed by atoms with Crippen LogP contribution in [0, 0.1) is 0 Å². The van der Waals surface area contributed by atoms with Gasteiger partial charge in [-0.25, -0.2) is 8.42 Å². The topological polar surface area (TPSA) is 63.7 Å². The average molecular weight is 444 g/mol. The summed E-state index contributed by atoms with van der Waals surface area (Å²) in [7, 11) is -3.25. The summed E-state index contributed by atoms with van der Waals surface area (Å²) in [5.41, 5.74) is 3.40. The number of carbonyl (C=O) groups is 1. The molecule has 6 heteroatoms. The van der Waals surface area contributed by atoms with Gasteiger partial charge in [0, 0.05) is 30.8 Å². The highest BCUT2D eigenvalue weighted by molar-refractivity contribution is 7.91. The largest absolute Gasteiger partial charge is 0.372 e. The lowest BCUT2D eigenvalue weighted by Crippen LogP contribution is -2.45. The Morgan fingerprint density at radius 3 is 1.97 bits per heavy atom. The fourth-order valence-electron chi connectivity index (χ4n) is 3.72. The maximum atomic E-state index is 12.7. The van der Waals surface area contributed by atoms with E-state index in [-0.39, 0.29) is 23.7 Å². The molecule has 0 saturated carbocycles. The molecule has 1 aliphatic rings. The van der Waals surface area contributed by atoms with Crippen LogP contribution in [0.2, 0.25) is 0 Å². The number of anilines is 1. The van der Waals surface area contributed by atoms with Crippen molar-refractivity contribution in [3.8, 4) is 0 Å². The number of sulfone groups is 1. The van der Waals surface area contributed by atoms with Crippen molar-refractivity contribution in [1.29, 1.82) is 0 Å². The van der Waals surface area contributed by atoms with E-state index in [2.05, 4.69) is 30.9 Å². The SMILES string of the molecule is C[C@@H]1CN(c2ccc(CC(=O)c3ccc(CS(=O)(=O)C(C)(C)C)cc3)cc2)C[C@@H](C)O1. The van der Waals surface area contributed by atoms with Crippen molar-refractivity contribution in [1.82, 2.24) is 0 Å². The van der Waals surface area contributed by atoms with Gasteiger partial charge in [-0.3, -0.25) is 4.79 Å². The molecule has 0 amide bonds. The first-order chi connectivity index (χ1) is 14.4. The number of benzene rings is 2. The van der Waals surface area contributed by atoms with Crippen LogP contribution >= 0.6 is 0 Å². The number of morpholine rings is 1. The number of rotatable bonds is 6. The molecule has 168 valence electrons. The Balaban J connectivity index is 1.62. The van der Waals surface area contributed by atoms with Crippen LogP contribution in [0.25, 0.3) is 0 Å². The maximum absolute atomic E-state index is 12.7. The minimum atomic E-state index is -3.25. The van der Waals surface area contributed by atoms with Crippen LogP contribution in [0.4, 0.5) is 5.69 Å². The first kappa shape index (κ1) is 23.5. The lowest BCUT2D eigenvalue weighted by molar-refractivity contribution is -0.00521. The standard InChI is InChI=1S/C25H33NO4S/c1-18-15-26(16-19(2)30-18)23-12-8-20(9-13-23)14-24(27)22-10-6-21(7-11-22)17-31(28,29)25(3,4)5/h6-13,18-19H,14-17H2,1-5H3/t18-,19-/m1/s1. The van der Waals surface area contributed by atoms with Gasteiger partial charge in [-0.1, -0.05) is 36.4 Å². The molecule has 1 saturated heterocycles. The Hall–Kier alpha value is -2.18. The summed E-state index contributed by atoms with van der Waals surface area (Å²) in [6, 6.07) is 15.1. The van der Waals surface area contributed by atoms with Gasteiger partial charge < -0.3 is 9.64 Å². The lowest BCUT2D eigenvalue weighted by atomic mass is 10.0. The molecule has 1 fully saturated rings. The van der Waals surface area contributed by atoms with E-state index in [1.165, 1.54) is 0 Å². The van der Waals surface area contributed by atoms with Crippen molar-refractivity contribution < 1.29 is 17.9 Å². The van der Waals surface area contributed by atoms with Crippen LogP contribution in [0.15, 0.2) is 48.5 Å². The summed E-state index contributed by atoms with van der Waals surface area (Å²) in [5.74, 6) is -0.00262. The molecule has 2 atom stereocenters. The Bertz CT molecular complexity index is 995. The van der Waals surface area contributed by atoms with E-state index in [1.807, 2.05) is 12.1 Å². The van der Waals surface area contributed by atoms with Crippen LogP contribution < -0.4 is 4.90 Å². The highest BCUT2D eigenvalue weighted by Crippen LogP contribution is 2.23. The Kier molecular flexibility index (Phi) is 6.92. The zero-order valence-corrected chi connectivity index (χ0v) is 19.9. The molecule has 1 heterocycles. The van der Waals surface area contributed by atoms with Gasteiger partial charge in [0.25, 0.3) is 0 Å². The number of Topliss-reactive ketones (excluding diaryl/α,β-unsaturated/α-hetero) is 1. The van der Waals surface area contributed by atoms with E-state index in [4.69, 9.17) is 4.74 Å². The van der Waals surface area contributed by atoms with E-state index in [9.17, 15) is 13.2 Å². The summed E-state index contributed by atoms with van der Waals surface area (Å²) in [6.45, 7) is 11.0. The zero-order valence-electron chi connectivity index (χ0n) is 19.1. The molecule has 1 aliphatic heterocycles. The van der Waals surface area contributed by atoms with Crippen molar-refractivity contribution in [2.24, 2.45) is 0 Å². The third kappa shape index (κ3) is 5.95. The average Bonchev–Trinajstić information content (AvgIpc) is 2.67. The van der Waals surface area contributed by atoms with Gasteiger partial charge in [0.1, 0.15) is 0 Å². The van der Waals surface area contributed by atoms with E-state index in [0.29, 0.717) is 17.5 Å². The first-order valence-corrected chi connectivity index (χ1v) is 12.4. The summed E-state index contributed by atoms with van der Waals surface area (Å²) in [4.78, 5) is 15.0. The minimum Gasteiger partial charge on any atom is -0.372 e. The summed E-state index contributed by atoms with van der Waals surface area (Å²) in [5, 5.41) is 0. The molecular formula is C25H33NO4S. The van der Waals surface area contributed by atoms with Crippen LogP contribution in [-0.4, -0.2) is 44.2 Å². The van der Waals surface area contributed by atoms with Gasteiger partial charge in [0.2, 0.25) is 0 Å². The highest BCUT2D eigenvalue weighted by atomic mass is 32.2. The summed E-state index contributed by atoms with van der Waals surface area (Å²) >= 11 is 0. The second-order valence-corrected chi connectivity index (χ2v) is 12.2. The molecule has 31 heavy (non-hydrogen) atoms. The quantitative estimate of drug-likeness (QED) is 0.618. The van der Waals surface area contributed by atoms with Crippen LogP contribution in [0.3, 0.4) is 0 Å². The van der Waals surface area contributed by atoms with E-state index >= 15 is 0 Å². The van der Waals surface area contributed by atoms with Gasteiger partial charge in [-0.2, -0.15) is 0 Å². The monoisotopic (exact) mass is 443 g/mol. The molecule has 0 radical (unpaired) electrons. The molecule has 0 N–H and O–H groups in total. The van der Waals surface area contributed by atoms with Gasteiger partial charge in [0.15, 0.2) is 15.6 Å². The van der Waals surface area contributed by atoms with Crippen molar-refractivity contribution in [2.45, 2.75) is 63.7 Å². The van der Waals surface area contributed by atoms with Gasteiger partial charge in [-0.05, 0) is 57.9 Å². The minimum absolute atomic E-state index is 0.0200. The second kappa shape index (κ2) is 9.13. The maximum Gasteiger partial charge on any atom is 0.167 e. The second-order valence-electron chi connectivity index (χ2n) is 9.50. The number of hydrogen-bond acceptors (Lipinski definition) is 5. The number of carbonyl (C=O) groups excluding carboxylic acids is 1. The third-order valence-electron chi connectivity index (χ3n) is 5.65. The van der Waals surface area contributed by atoms with Crippen molar-refractivity contribution in [2.75, 3.05) is 18.0 Å². The number of hydrogen-bond donors (Lipinski definition) is 0. The smallest absolute Gasteiger partial charge is 0.167 e. The van der Waals surface area contributed by atoms with Crippen molar-refractivity contribution >= 4 is 21.3 Å². The Morgan fingerprint density at radius 2 is 1.45 bits per heavy atom. The molecule has 0 spiro atoms. The van der Waals surface area contributed by atoms with Crippen molar-refractivity contribution in [3.05, 3.63) is 65.2 Å². The fraction of sp³-hybridized carbons (Fsp3) is 0.480. The van der Waals surface area contributed by atoms with Crippen molar-refractivity contribution in [3.63, 3.8) is 0 Å². The molecule has 2 aromatic rings. The van der Waals surface area contributed by atoms with Crippen LogP contribution in [0.1, 0.15) is 56.1 Å². The molecule has 0 bridgehead atoms. The molecule has 5 nitrogen and oxygen atoms in total. The third-order valence-corrected chi connectivity index (χ3v) is 8.23. The normalized spacial score (nSPS) is 20.0. The highest BCUT2D eigenvalue weighted by Gasteiger charge is 2.29. The predicted molar refractivity (Wildman–Crippen MR) is 126 cm³/mol. The molecular weight excluding hydrogens is 410 g/mol. The number of ketones is 1.